The molecule has 5 nitrogen and oxygen atoms in total. The smallest absolute Gasteiger partial charge is 0.257 e. The second-order valence-corrected chi connectivity index (χ2v) is 6.44. The molecule has 2 aromatic rings. The van der Waals surface area contributed by atoms with Crippen molar-refractivity contribution in [1.29, 1.82) is 0 Å². The van der Waals surface area contributed by atoms with Gasteiger partial charge < -0.3 is 10.6 Å². The van der Waals surface area contributed by atoms with Crippen molar-refractivity contribution in [1.82, 2.24) is 10.3 Å². The van der Waals surface area contributed by atoms with Crippen molar-refractivity contribution >= 4 is 17.5 Å². The third-order valence-electron chi connectivity index (χ3n) is 4.48. The molecule has 1 fully saturated rings. The quantitative estimate of drug-likeness (QED) is 0.834. The fourth-order valence-electron chi connectivity index (χ4n) is 3.11. The first kappa shape index (κ1) is 17.1. The zero-order chi connectivity index (χ0) is 17.5. The van der Waals surface area contributed by atoms with Gasteiger partial charge in [-0.3, -0.25) is 14.6 Å². The Morgan fingerprint density at radius 3 is 2.20 bits per heavy atom. The average Bonchev–Trinajstić information content (AvgIpc) is 2.91. The molecule has 1 aliphatic carbocycles. The van der Waals surface area contributed by atoms with Gasteiger partial charge in [0.1, 0.15) is 0 Å². The lowest BCUT2D eigenvalue weighted by atomic mass is 10.1. The fourth-order valence-corrected chi connectivity index (χ4v) is 3.11. The average molecular weight is 337 g/mol. The highest BCUT2D eigenvalue weighted by atomic mass is 16.2. The summed E-state index contributed by atoms with van der Waals surface area (Å²) < 4.78 is 0. The van der Waals surface area contributed by atoms with Gasteiger partial charge in [-0.05, 0) is 31.0 Å². The van der Waals surface area contributed by atoms with Crippen LogP contribution < -0.4 is 10.6 Å². The summed E-state index contributed by atoms with van der Waals surface area (Å²) in [7, 11) is 0. The number of nitrogens with one attached hydrogen (secondary N) is 2. The van der Waals surface area contributed by atoms with Crippen LogP contribution in [-0.4, -0.2) is 22.8 Å². The SMILES string of the molecule is O=C(Nc1ccccc1)c1cncc(C(=O)NC2CCCCCC2)c1. The summed E-state index contributed by atoms with van der Waals surface area (Å²) in [6.45, 7) is 0. The van der Waals surface area contributed by atoms with Crippen LogP contribution in [-0.2, 0) is 0 Å². The summed E-state index contributed by atoms with van der Waals surface area (Å²) in [6.07, 6.45) is 9.81. The van der Waals surface area contributed by atoms with Crippen molar-refractivity contribution in [2.24, 2.45) is 0 Å². The van der Waals surface area contributed by atoms with E-state index in [2.05, 4.69) is 15.6 Å². The highest BCUT2D eigenvalue weighted by molar-refractivity contribution is 6.05. The normalized spacial score (nSPS) is 15.2. The van der Waals surface area contributed by atoms with Crippen LogP contribution in [0.15, 0.2) is 48.8 Å². The Kier molecular flexibility index (Phi) is 5.77. The summed E-state index contributed by atoms with van der Waals surface area (Å²) in [5.74, 6) is -0.434. The van der Waals surface area contributed by atoms with Crippen LogP contribution in [0.4, 0.5) is 5.69 Å². The van der Waals surface area contributed by atoms with E-state index in [9.17, 15) is 9.59 Å². The highest BCUT2D eigenvalue weighted by Crippen LogP contribution is 2.18. The van der Waals surface area contributed by atoms with Crippen LogP contribution >= 0.6 is 0 Å². The zero-order valence-corrected chi connectivity index (χ0v) is 14.2. The number of hydrogen-bond acceptors (Lipinski definition) is 3. The van der Waals surface area contributed by atoms with Crippen LogP contribution in [0, 0.1) is 0 Å². The summed E-state index contributed by atoms with van der Waals surface area (Å²) in [6, 6.07) is 11.0. The van der Waals surface area contributed by atoms with Crippen LogP contribution in [0.2, 0.25) is 0 Å². The Bertz CT molecular complexity index is 723. The van der Waals surface area contributed by atoms with E-state index >= 15 is 0 Å². The summed E-state index contributed by atoms with van der Waals surface area (Å²) in [4.78, 5) is 28.9. The molecule has 5 heteroatoms. The number of carbonyl (C=O) groups is 2. The minimum absolute atomic E-state index is 0.159. The van der Waals surface area contributed by atoms with Gasteiger partial charge in [0.25, 0.3) is 11.8 Å². The first-order valence-corrected chi connectivity index (χ1v) is 8.85. The predicted octanol–water partition coefficient (Wildman–Crippen LogP) is 3.79. The molecule has 130 valence electrons. The van der Waals surface area contributed by atoms with E-state index in [1.54, 1.807) is 6.07 Å². The minimum atomic E-state index is -0.275. The Labute approximate surface area is 147 Å². The zero-order valence-electron chi connectivity index (χ0n) is 14.2. The monoisotopic (exact) mass is 337 g/mol. The maximum absolute atomic E-state index is 12.5. The van der Waals surface area contributed by atoms with Gasteiger partial charge >= 0.3 is 0 Å². The van der Waals surface area contributed by atoms with Crippen molar-refractivity contribution in [3.63, 3.8) is 0 Å². The topological polar surface area (TPSA) is 71.1 Å². The maximum Gasteiger partial charge on any atom is 0.257 e. The van der Waals surface area contributed by atoms with Gasteiger partial charge in [-0.25, -0.2) is 0 Å². The van der Waals surface area contributed by atoms with E-state index in [-0.39, 0.29) is 17.9 Å². The molecule has 0 saturated heterocycles. The predicted molar refractivity (Wildman–Crippen MR) is 97.6 cm³/mol. The molecular weight excluding hydrogens is 314 g/mol. The molecule has 0 bridgehead atoms. The van der Waals surface area contributed by atoms with Gasteiger partial charge in [0.15, 0.2) is 0 Å². The van der Waals surface area contributed by atoms with Crippen molar-refractivity contribution in [3.05, 3.63) is 59.9 Å². The number of amides is 2. The van der Waals surface area contributed by atoms with Crippen LogP contribution in [0.3, 0.4) is 0 Å². The number of hydrogen-bond donors (Lipinski definition) is 2. The lowest BCUT2D eigenvalue weighted by molar-refractivity contribution is 0.0933. The summed E-state index contributed by atoms with van der Waals surface area (Å²) >= 11 is 0. The number of nitrogens with zero attached hydrogens (tertiary/aromatic N) is 1. The van der Waals surface area contributed by atoms with E-state index in [1.165, 1.54) is 25.2 Å². The van der Waals surface area contributed by atoms with Gasteiger partial charge in [0.05, 0.1) is 11.1 Å². The molecule has 25 heavy (non-hydrogen) atoms. The Morgan fingerprint density at radius 2 is 1.52 bits per heavy atom. The third kappa shape index (κ3) is 4.89. The summed E-state index contributed by atoms with van der Waals surface area (Å²) in [5, 5.41) is 5.88. The van der Waals surface area contributed by atoms with Gasteiger partial charge in [0.2, 0.25) is 0 Å². The Balaban J connectivity index is 1.65. The van der Waals surface area contributed by atoms with Gasteiger partial charge in [0, 0.05) is 24.1 Å². The van der Waals surface area contributed by atoms with E-state index in [0.717, 1.165) is 25.7 Å². The summed E-state index contributed by atoms with van der Waals surface area (Å²) in [5.41, 5.74) is 1.50. The molecule has 1 aromatic carbocycles. The van der Waals surface area contributed by atoms with Crippen LogP contribution in [0.1, 0.15) is 59.2 Å². The van der Waals surface area contributed by atoms with Gasteiger partial charge in [-0.1, -0.05) is 43.9 Å². The number of benzene rings is 1. The fraction of sp³-hybridized carbons (Fsp3) is 0.350. The molecule has 0 aliphatic heterocycles. The molecule has 3 rings (SSSR count). The van der Waals surface area contributed by atoms with Gasteiger partial charge in [-0.2, -0.15) is 0 Å². The first-order valence-electron chi connectivity index (χ1n) is 8.85. The number of pyridine rings is 1. The molecule has 2 amide bonds. The van der Waals surface area contributed by atoms with Crippen molar-refractivity contribution in [2.75, 3.05) is 5.32 Å². The van der Waals surface area contributed by atoms with E-state index in [0.29, 0.717) is 16.8 Å². The molecule has 0 unspecified atom stereocenters. The standard InChI is InChI=1S/C20H23N3O2/c24-19(22-17-8-4-1-2-5-9-17)15-12-16(14-21-13-15)20(25)23-18-10-6-3-7-11-18/h3,6-7,10-14,17H,1-2,4-5,8-9H2,(H,22,24)(H,23,25). The van der Waals surface area contributed by atoms with Crippen molar-refractivity contribution < 1.29 is 9.59 Å². The molecule has 2 N–H and O–H groups in total. The number of rotatable bonds is 4. The minimum Gasteiger partial charge on any atom is -0.349 e. The molecular formula is C20H23N3O2. The van der Waals surface area contributed by atoms with Crippen molar-refractivity contribution in [2.45, 2.75) is 44.6 Å². The van der Waals surface area contributed by atoms with Gasteiger partial charge in [-0.15, -0.1) is 0 Å². The number of anilines is 1. The van der Waals surface area contributed by atoms with E-state index in [4.69, 9.17) is 0 Å². The maximum atomic E-state index is 12.5. The third-order valence-corrected chi connectivity index (χ3v) is 4.48. The molecule has 0 spiro atoms. The number of aromatic nitrogens is 1. The Hall–Kier alpha value is -2.69. The Morgan fingerprint density at radius 1 is 0.880 bits per heavy atom. The van der Waals surface area contributed by atoms with Crippen LogP contribution in [0.25, 0.3) is 0 Å². The van der Waals surface area contributed by atoms with E-state index < -0.39 is 0 Å². The second kappa shape index (κ2) is 8.42. The highest BCUT2D eigenvalue weighted by Gasteiger charge is 2.17. The lowest BCUT2D eigenvalue weighted by Crippen LogP contribution is -2.34. The molecule has 0 atom stereocenters. The van der Waals surface area contributed by atoms with E-state index in [1.807, 2.05) is 30.3 Å². The van der Waals surface area contributed by atoms with Crippen molar-refractivity contribution in [3.8, 4) is 0 Å². The molecule has 1 aliphatic rings. The first-order chi connectivity index (χ1) is 12.2. The lowest BCUT2D eigenvalue weighted by Gasteiger charge is -2.16. The second-order valence-electron chi connectivity index (χ2n) is 6.44. The molecule has 1 saturated carbocycles. The van der Waals surface area contributed by atoms with Crippen LogP contribution in [0.5, 0.6) is 0 Å². The molecule has 0 radical (unpaired) electrons. The molecule has 1 heterocycles. The number of para-hydroxylation sites is 1. The molecule has 1 aromatic heterocycles. The largest absolute Gasteiger partial charge is 0.349 e. The number of carbonyl (C=O) groups excluding carboxylic acids is 2.